The first-order valence-corrected chi connectivity index (χ1v) is 3.48. The third-order valence-electron chi connectivity index (χ3n) is 1.39. The Morgan fingerprint density at radius 2 is 1.92 bits per heavy atom. The minimum atomic E-state index is -4.48. The molecule has 1 aromatic rings. The highest BCUT2D eigenvalue weighted by atomic mass is 19.4. The van der Waals surface area contributed by atoms with Crippen LogP contribution in [0, 0.1) is 0 Å². The zero-order valence-electron chi connectivity index (χ0n) is 6.71. The molecule has 0 saturated heterocycles. The smallest absolute Gasteiger partial charge is 0.387 e. The zero-order chi connectivity index (χ0) is 10.1. The fraction of sp³-hybridized carbons (Fsp3) is 0.429. The van der Waals surface area contributed by atoms with E-state index in [2.05, 4.69) is 9.97 Å². The molecule has 3 nitrogen and oxygen atoms in total. The second-order valence-corrected chi connectivity index (χ2v) is 2.50. The molecular weight excluding hydrogens is 185 g/mol. The second kappa shape index (κ2) is 3.29. The average Bonchev–Trinajstić information content (AvgIpc) is 2.03. The van der Waals surface area contributed by atoms with E-state index in [0.717, 1.165) is 6.20 Å². The van der Waals surface area contributed by atoms with Gasteiger partial charge in [-0.25, -0.2) is 4.98 Å². The molecule has 0 amide bonds. The Balaban J connectivity index is 2.94. The van der Waals surface area contributed by atoms with Gasteiger partial charge in [-0.3, -0.25) is 4.98 Å². The van der Waals surface area contributed by atoms with Gasteiger partial charge in [0.2, 0.25) is 0 Å². The summed E-state index contributed by atoms with van der Waals surface area (Å²) < 4.78 is 35.9. The van der Waals surface area contributed by atoms with Crippen molar-refractivity contribution in [1.29, 1.82) is 0 Å². The monoisotopic (exact) mass is 192 g/mol. The van der Waals surface area contributed by atoms with E-state index in [-0.39, 0.29) is 5.69 Å². The molecule has 1 N–H and O–H groups in total. The first-order chi connectivity index (χ1) is 5.91. The summed E-state index contributed by atoms with van der Waals surface area (Å²) in [4.78, 5) is 6.54. The van der Waals surface area contributed by atoms with Crippen molar-refractivity contribution in [1.82, 2.24) is 9.97 Å². The molecule has 0 radical (unpaired) electrons. The molecule has 0 saturated carbocycles. The third-order valence-corrected chi connectivity index (χ3v) is 1.39. The number of aromatic nitrogens is 2. The quantitative estimate of drug-likeness (QED) is 0.734. The molecule has 0 spiro atoms. The summed E-state index contributed by atoms with van der Waals surface area (Å²) in [6.07, 6.45) is -3.88. The second-order valence-electron chi connectivity index (χ2n) is 2.50. The summed E-state index contributed by atoms with van der Waals surface area (Å²) in [5.41, 5.74) is -0.940. The lowest BCUT2D eigenvalue weighted by Gasteiger charge is -2.06. The van der Waals surface area contributed by atoms with E-state index in [1.807, 2.05) is 0 Å². The predicted molar refractivity (Wildman–Crippen MR) is 37.7 cm³/mol. The predicted octanol–water partition coefficient (Wildman–Crippen LogP) is 1.55. The molecule has 0 fully saturated rings. The highest BCUT2D eigenvalue weighted by molar-refractivity contribution is 5.06. The van der Waals surface area contributed by atoms with Crippen LogP contribution in [0.2, 0.25) is 0 Å². The van der Waals surface area contributed by atoms with Crippen LogP contribution in [-0.2, 0) is 6.18 Å². The molecule has 72 valence electrons. The van der Waals surface area contributed by atoms with Crippen LogP contribution in [0.25, 0.3) is 0 Å². The van der Waals surface area contributed by atoms with Crippen molar-refractivity contribution in [2.24, 2.45) is 0 Å². The minimum absolute atomic E-state index is 0.119. The Hall–Kier alpha value is -1.17. The Morgan fingerprint density at radius 3 is 2.23 bits per heavy atom. The van der Waals surface area contributed by atoms with Gasteiger partial charge in [0.05, 0.1) is 24.2 Å². The van der Waals surface area contributed by atoms with Crippen LogP contribution in [0.3, 0.4) is 0 Å². The number of rotatable bonds is 1. The Morgan fingerprint density at radius 1 is 1.31 bits per heavy atom. The largest absolute Gasteiger partial charge is 0.434 e. The van der Waals surface area contributed by atoms with E-state index in [1.54, 1.807) is 0 Å². The number of alkyl halides is 3. The van der Waals surface area contributed by atoms with Gasteiger partial charge in [-0.1, -0.05) is 0 Å². The summed E-state index contributed by atoms with van der Waals surface area (Å²) in [5.74, 6) is 0. The molecule has 0 aliphatic carbocycles. The molecule has 1 heterocycles. The number of nitrogens with zero attached hydrogens (tertiary/aromatic N) is 2. The SMILES string of the molecule is CC(O)c1cnc(C(F)(F)F)cn1. The highest BCUT2D eigenvalue weighted by Crippen LogP contribution is 2.26. The summed E-state index contributed by atoms with van der Waals surface area (Å²) in [6, 6.07) is 0. The molecule has 13 heavy (non-hydrogen) atoms. The van der Waals surface area contributed by atoms with Gasteiger partial charge in [-0.05, 0) is 6.92 Å². The van der Waals surface area contributed by atoms with Crippen molar-refractivity contribution in [3.8, 4) is 0 Å². The minimum Gasteiger partial charge on any atom is -0.387 e. The van der Waals surface area contributed by atoms with Gasteiger partial charge >= 0.3 is 6.18 Å². The van der Waals surface area contributed by atoms with Crippen LogP contribution in [0.15, 0.2) is 12.4 Å². The molecule has 6 heteroatoms. The first kappa shape index (κ1) is 9.91. The van der Waals surface area contributed by atoms with E-state index in [4.69, 9.17) is 5.11 Å². The molecule has 1 atom stereocenters. The van der Waals surface area contributed by atoms with Crippen LogP contribution in [0.1, 0.15) is 24.4 Å². The van der Waals surface area contributed by atoms with E-state index >= 15 is 0 Å². The van der Waals surface area contributed by atoms with Gasteiger partial charge < -0.3 is 5.11 Å². The van der Waals surface area contributed by atoms with Gasteiger partial charge in [0.15, 0.2) is 5.69 Å². The number of hydrogen-bond acceptors (Lipinski definition) is 3. The van der Waals surface area contributed by atoms with Crippen LogP contribution >= 0.6 is 0 Å². The normalized spacial score (nSPS) is 14.2. The number of aliphatic hydroxyl groups excluding tert-OH is 1. The fourth-order valence-electron chi connectivity index (χ4n) is 0.700. The zero-order valence-corrected chi connectivity index (χ0v) is 6.71. The maximum Gasteiger partial charge on any atom is 0.434 e. The van der Waals surface area contributed by atoms with Crippen molar-refractivity contribution in [3.63, 3.8) is 0 Å². The topological polar surface area (TPSA) is 46.0 Å². The molecule has 0 aliphatic rings. The van der Waals surface area contributed by atoms with Crippen LogP contribution in [0.4, 0.5) is 13.2 Å². The molecule has 1 aromatic heterocycles. The van der Waals surface area contributed by atoms with Gasteiger partial charge in [0.1, 0.15) is 0 Å². The molecule has 0 aromatic carbocycles. The first-order valence-electron chi connectivity index (χ1n) is 3.48. The number of halogens is 3. The Bertz CT molecular complexity index is 281. The van der Waals surface area contributed by atoms with Crippen molar-refractivity contribution < 1.29 is 18.3 Å². The van der Waals surface area contributed by atoms with Crippen LogP contribution < -0.4 is 0 Å². The van der Waals surface area contributed by atoms with Gasteiger partial charge in [-0.15, -0.1) is 0 Å². The van der Waals surface area contributed by atoms with E-state index in [1.165, 1.54) is 6.92 Å². The lowest BCUT2D eigenvalue weighted by atomic mass is 10.3. The maximum atomic E-state index is 12.0. The fourth-order valence-corrected chi connectivity index (χ4v) is 0.700. The number of aliphatic hydroxyl groups is 1. The number of hydrogen-bond donors (Lipinski definition) is 1. The van der Waals surface area contributed by atoms with Gasteiger partial charge in [-0.2, -0.15) is 13.2 Å². The van der Waals surface area contributed by atoms with E-state index < -0.39 is 18.0 Å². The highest BCUT2D eigenvalue weighted by Gasteiger charge is 2.32. The van der Waals surface area contributed by atoms with Crippen LogP contribution in [-0.4, -0.2) is 15.1 Å². The standard InChI is InChI=1S/C7H7F3N2O/c1-4(13)5-2-12-6(3-11-5)7(8,9)10/h2-4,13H,1H3. The lowest BCUT2D eigenvalue weighted by molar-refractivity contribution is -0.141. The molecule has 1 unspecified atom stereocenters. The molecular formula is C7H7F3N2O. The molecule has 0 bridgehead atoms. The maximum absolute atomic E-state index is 12.0. The summed E-state index contributed by atoms with van der Waals surface area (Å²) in [7, 11) is 0. The van der Waals surface area contributed by atoms with E-state index in [9.17, 15) is 13.2 Å². The van der Waals surface area contributed by atoms with Gasteiger partial charge in [0, 0.05) is 0 Å². The molecule has 0 aliphatic heterocycles. The molecule has 1 rings (SSSR count). The Labute approximate surface area is 72.3 Å². The van der Waals surface area contributed by atoms with Crippen molar-refractivity contribution in [3.05, 3.63) is 23.8 Å². The van der Waals surface area contributed by atoms with Crippen molar-refractivity contribution in [2.45, 2.75) is 19.2 Å². The third kappa shape index (κ3) is 2.38. The Kier molecular flexibility index (Phi) is 2.51. The van der Waals surface area contributed by atoms with Crippen molar-refractivity contribution >= 4 is 0 Å². The lowest BCUT2D eigenvalue weighted by Crippen LogP contribution is -2.09. The summed E-state index contributed by atoms with van der Waals surface area (Å²) in [6.45, 7) is 1.40. The van der Waals surface area contributed by atoms with E-state index in [0.29, 0.717) is 6.20 Å². The van der Waals surface area contributed by atoms with Crippen LogP contribution in [0.5, 0.6) is 0 Å². The summed E-state index contributed by atoms with van der Waals surface area (Å²) >= 11 is 0. The van der Waals surface area contributed by atoms with Gasteiger partial charge in [0.25, 0.3) is 0 Å². The summed E-state index contributed by atoms with van der Waals surface area (Å²) in [5, 5.41) is 8.93. The van der Waals surface area contributed by atoms with Crippen molar-refractivity contribution in [2.75, 3.05) is 0 Å². The average molecular weight is 192 g/mol.